The highest BCUT2D eigenvalue weighted by Crippen LogP contribution is 2.58. The summed E-state index contributed by atoms with van der Waals surface area (Å²) in [4.78, 5) is 45.4. The van der Waals surface area contributed by atoms with Gasteiger partial charge in [-0.3, -0.25) is 14.4 Å². The number of aliphatic hydroxyl groups is 1. The molecule has 0 aliphatic carbocycles. The van der Waals surface area contributed by atoms with Crippen molar-refractivity contribution in [2.75, 3.05) is 26.3 Å². The van der Waals surface area contributed by atoms with Gasteiger partial charge in [-0.1, -0.05) is 64.8 Å². The smallest absolute Gasteiger partial charge is 0.313 e. The first kappa shape index (κ1) is 26.9. The highest BCUT2D eigenvalue weighted by atomic mass is 16.6. The fourth-order valence-electron chi connectivity index (χ4n) is 6.59. The Morgan fingerprint density at radius 2 is 1.86 bits per heavy atom. The van der Waals surface area contributed by atoms with Gasteiger partial charge in [-0.05, 0) is 31.6 Å². The van der Waals surface area contributed by atoms with Crippen molar-refractivity contribution in [3.63, 3.8) is 0 Å². The highest BCUT2D eigenvalue weighted by Gasteiger charge is 2.75. The molecule has 0 radical (unpaired) electrons. The number of esters is 1. The molecule has 1 N–H and O–H groups in total. The quantitative estimate of drug-likeness (QED) is 0.312. The summed E-state index contributed by atoms with van der Waals surface area (Å²) in [6.45, 7) is 8.95. The van der Waals surface area contributed by atoms with Crippen LogP contribution in [0.3, 0.4) is 0 Å². The SMILES string of the molecule is CCCCCN1CC=C[C@]23O[C@@]4(CC)/C=C\CCCOC(=O)[C@H]4[C@H]2C(=O)N([C@@H](CO)C(C)C)C3C1=O. The number of unbranched alkanes of at least 4 members (excludes halogenated alkanes) is 2. The maximum absolute atomic E-state index is 14.3. The van der Waals surface area contributed by atoms with Crippen molar-refractivity contribution in [3.05, 3.63) is 24.3 Å². The van der Waals surface area contributed by atoms with Crippen LogP contribution in [0, 0.1) is 17.8 Å². The van der Waals surface area contributed by atoms with Crippen LogP contribution in [0.1, 0.15) is 66.2 Å². The first-order chi connectivity index (χ1) is 17.3. The van der Waals surface area contributed by atoms with Crippen molar-refractivity contribution in [1.82, 2.24) is 9.80 Å². The van der Waals surface area contributed by atoms with Gasteiger partial charge in [0.1, 0.15) is 23.2 Å². The van der Waals surface area contributed by atoms with Gasteiger partial charge in [0, 0.05) is 13.1 Å². The summed E-state index contributed by atoms with van der Waals surface area (Å²) in [5.41, 5.74) is -2.35. The third-order valence-corrected chi connectivity index (χ3v) is 8.50. The van der Waals surface area contributed by atoms with Crippen LogP contribution in [0.2, 0.25) is 0 Å². The van der Waals surface area contributed by atoms with E-state index in [4.69, 9.17) is 9.47 Å². The number of rotatable bonds is 8. The Labute approximate surface area is 214 Å². The molecule has 0 saturated carbocycles. The number of cyclic esters (lactones) is 1. The van der Waals surface area contributed by atoms with Crippen LogP contribution >= 0.6 is 0 Å². The van der Waals surface area contributed by atoms with Crippen molar-refractivity contribution in [2.24, 2.45) is 17.8 Å². The molecular weight excluding hydrogens is 460 g/mol. The lowest BCUT2D eigenvalue weighted by Crippen LogP contribution is -2.59. The lowest BCUT2D eigenvalue weighted by molar-refractivity contribution is -0.163. The van der Waals surface area contributed by atoms with Crippen LogP contribution in [0.15, 0.2) is 24.3 Å². The molecule has 2 fully saturated rings. The van der Waals surface area contributed by atoms with Crippen LogP contribution in [-0.4, -0.2) is 82.3 Å². The molecular formula is C28H42N2O6. The fraction of sp³-hybridized carbons (Fsp3) is 0.750. The van der Waals surface area contributed by atoms with E-state index in [2.05, 4.69) is 6.92 Å². The standard InChI is InChI=1S/C28H42N2O6/c1-5-7-10-15-29-16-12-14-28-21(24(32)30(23(28)25(29)33)20(18-31)19(3)4)22-26(34)35-17-11-8-9-13-27(22,6-2)36-28/h9,12-14,19-23,31H,5-8,10-11,15-18H2,1-4H3/b13-9-/t20-,21-,22+,23?,27-,28-/m0/s1. The average molecular weight is 503 g/mol. The van der Waals surface area contributed by atoms with Gasteiger partial charge in [0.25, 0.3) is 0 Å². The largest absolute Gasteiger partial charge is 0.465 e. The van der Waals surface area contributed by atoms with Crippen molar-refractivity contribution in [3.8, 4) is 0 Å². The van der Waals surface area contributed by atoms with Gasteiger partial charge < -0.3 is 24.4 Å². The van der Waals surface area contributed by atoms with Crippen molar-refractivity contribution >= 4 is 17.8 Å². The first-order valence-electron chi connectivity index (χ1n) is 13.7. The average Bonchev–Trinajstić information content (AvgIpc) is 3.23. The number of allylic oxidation sites excluding steroid dienone is 1. The Kier molecular flexibility index (Phi) is 7.95. The number of carbonyl (C=O) groups is 3. The van der Waals surface area contributed by atoms with E-state index >= 15 is 0 Å². The summed E-state index contributed by atoms with van der Waals surface area (Å²) < 4.78 is 12.6. The molecule has 2 saturated heterocycles. The second-order valence-electron chi connectivity index (χ2n) is 11.0. The maximum atomic E-state index is 14.3. The third-order valence-electron chi connectivity index (χ3n) is 8.50. The number of likely N-dealkylation sites (tertiary alicyclic amines) is 1. The molecule has 8 nitrogen and oxygen atoms in total. The third kappa shape index (κ3) is 4.20. The highest BCUT2D eigenvalue weighted by molar-refractivity contribution is 5.99. The Bertz CT molecular complexity index is 916. The monoisotopic (exact) mass is 502 g/mol. The summed E-state index contributed by atoms with van der Waals surface area (Å²) in [5.74, 6) is -2.80. The molecule has 4 aliphatic rings. The van der Waals surface area contributed by atoms with E-state index in [9.17, 15) is 19.5 Å². The van der Waals surface area contributed by atoms with Gasteiger partial charge in [0.2, 0.25) is 11.8 Å². The van der Waals surface area contributed by atoms with Crippen LogP contribution in [-0.2, 0) is 23.9 Å². The van der Waals surface area contributed by atoms with Gasteiger partial charge >= 0.3 is 5.97 Å². The van der Waals surface area contributed by atoms with E-state index < -0.39 is 41.1 Å². The zero-order chi connectivity index (χ0) is 26.1. The maximum Gasteiger partial charge on any atom is 0.313 e. The number of hydrogen-bond acceptors (Lipinski definition) is 6. The minimum atomic E-state index is -1.31. The molecule has 0 aromatic rings. The molecule has 6 atom stereocenters. The first-order valence-corrected chi connectivity index (χ1v) is 13.7. The normalized spacial score (nSPS) is 35.9. The number of nitrogens with zero attached hydrogens (tertiary/aromatic N) is 2. The second kappa shape index (κ2) is 10.7. The zero-order valence-electron chi connectivity index (χ0n) is 22.2. The Morgan fingerprint density at radius 3 is 2.53 bits per heavy atom. The number of carbonyl (C=O) groups excluding carboxylic acids is 3. The molecule has 36 heavy (non-hydrogen) atoms. The fourth-order valence-corrected chi connectivity index (χ4v) is 6.59. The number of hydrogen-bond donors (Lipinski definition) is 1. The predicted octanol–water partition coefficient (Wildman–Crippen LogP) is 2.85. The molecule has 1 spiro atoms. The molecule has 0 aromatic heterocycles. The summed E-state index contributed by atoms with van der Waals surface area (Å²) >= 11 is 0. The van der Waals surface area contributed by atoms with E-state index in [1.807, 2.05) is 45.1 Å². The van der Waals surface area contributed by atoms with Crippen LogP contribution < -0.4 is 0 Å². The summed E-state index contributed by atoms with van der Waals surface area (Å²) in [5, 5.41) is 10.3. The van der Waals surface area contributed by atoms with Gasteiger partial charge in [0.15, 0.2) is 0 Å². The Morgan fingerprint density at radius 1 is 1.08 bits per heavy atom. The Hall–Kier alpha value is -2.19. The molecule has 0 aromatic carbocycles. The molecule has 0 bridgehead atoms. The van der Waals surface area contributed by atoms with Crippen LogP contribution in [0.4, 0.5) is 0 Å². The summed E-state index contributed by atoms with van der Waals surface area (Å²) in [6.07, 6.45) is 12.6. The lowest BCUT2D eigenvalue weighted by Gasteiger charge is -2.41. The predicted molar refractivity (Wildman–Crippen MR) is 135 cm³/mol. The van der Waals surface area contributed by atoms with Crippen LogP contribution in [0.5, 0.6) is 0 Å². The van der Waals surface area contributed by atoms with E-state index in [1.165, 1.54) is 0 Å². The molecule has 8 heteroatoms. The number of fused-ring (bicyclic) bond motifs is 2. The topological polar surface area (TPSA) is 96.4 Å². The van der Waals surface area contributed by atoms with Crippen molar-refractivity contribution in [1.29, 1.82) is 0 Å². The molecule has 4 aliphatic heterocycles. The lowest BCUT2D eigenvalue weighted by atomic mass is 9.73. The number of aliphatic hydroxyl groups excluding tert-OH is 1. The second-order valence-corrected chi connectivity index (χ2v) is 11.0. The minimum absolute atomic E-state index is 0.0910. The summed E-state index contributed by atoms with van der Waals surface area (Å²) in [7, 11) is 0. The van der Waals surface area contributed by atoms with Gasteiger partial charge in [-0.25, -0.2) is 0 Å². The van der Waals surface area contributed by atoms with Gasteiger partial charge in [0.05, 0.1) is 25.2 Å². The van der Waals surface area contributed by atoms with E-state index in [1.54, 1.807) is 9.80 Å². The van der Waals surface area contributed by atoms with Crippen molar-refractivity contribution in [2.45, 2.75) is 89.5 Å². The van der Waals surface area contributed by atoms with Crippen LogP contribution in [0.25, 0.3) is 0 Å². The van der Waals surface area contributed by atoms with Gasteiger partial charge in [-0.2, -0.15) is 0 Å². The number of ether oxygens (including phenoxy) is 2. The molecule has 2 amide bonds. The Balaban J connectivity index is 1.87. The van der Waals surface area contributed by atoms with Gasteiger partial charge in [-0.15, -0.1) is 0 Å². The van der Waals surface area contributed by atoms with E-state index in [0.29, 0.717) is 25.9 Å². The molecule has 4 rings (SSSR count). The molecule has 4 heterocycles. The zero-order valence-corrected chi connectivity index (χ0v) is 22.2. The number of amides is 2. The van der Waals surface area contributed by atoms with E-state index in [-0.39, 0.29) is 30.9 Å². The van der Waals surface area contributed by atoms with E-state index in [0.717, 1.165) is 25.7 Å². The molecule has 200 valence electrons. The summed E-state index contributed by atoms with van der Waals surface area (Å²) in [6, 6.07) is -1.52. The van der Waals surface area contributed by atoms with Crippen molar-refractivity contribution < 1.29 is 29.0 Å². The molecule has 1 unspecified atom stereocenters. The minimum Gasteiger partial charge on any atom is -0.465 e.